The van der Waals surface area contributed by atoms with Crippen molar-refractivity contribution in [2.45, 2.75) is 31.6 Å². The molecule has 8 heteroatoms. The number of hydrogen-bond acceptors (Lipinski definition) is 5. The van der Waals surface area contributed by atoms with Gasteiger partial charge in [0.1, 0.15) is 11.9 Å². The molecule has 0 bridgehead atoms. The van der Waals surface area contributed by atoms with E-state index in [1.165, 1.54) is 12.1 Å². The highest BCUT2D eigenvalue weighted by Gasteiger charge is 2.33. The summed E-state index contributed by atoms with van der Waals surface area (Å²) in [7, 11) is 1.83. The molecule has 1 N–H and O–H groups in total. The monoisotopic (exact) mass is 434 g/mol. The maximum Gasteiger partial charge on any atom is 0.193 e. The van der Waals surface area contributed by atoms with Crippen molar-refractivity contribution < 1.29 is 18.6 Å². The number of morpholine rings is 2. The first kappa shape index (κ1) is 22.5. The van der Waals surface area contributed by atoms with E-state index in [2.05, 4.69) is 27.0 Å². The molecule has 3 aliphatic heterocycles. The molecular weight excluding hydrogens is 399 g/mol. The Kier molecular flexibility index (Phi) is 7.76. The number of rotatable bonds is 5. The molecule has 0 amide bonds. The molecule has 0 aromatic heterocycles. The molecule has 4 atom stereocenters. The molecule has 3 saturated heterocycles. The summed E-state index contributed by atoms with van der Waals surface area (Å²) in [6, 6.07) is 6.99. The van der Waals surface area contributed by atoms with Crippen LogP contribution in [0.3, 0.4) is 0 Å². The minimum Gasteiger partial charge on any atom is -0.381 e. The molecule has 0 radical (unpaired) electrons. The van der Waals surface area contributed by atoms with Gasteiger partial charge in [-0.15, -0.1) is 0 Å². The van der Waals surface area contributed by atoms with Gasteiger partial charge in [-0.05, 0) is 31.0 Å². The van der Waals surface area contributed by atoms with Gasteiger partial charge >= 0.3 is 0 Å². The molecule has 172 valence electrons. The highest BCUT2D eigenvalue weighted by molar-refractivity contribution is 5.80. The highest BCUT2D eigenvalue weighted by atomic mass is 19.1. The third kappa shape index (κ3) is 5.74. The molecule has 4 rings (SSSR count). The number of nitrogens with zero attached hydrogens (tertiary/aromatic N) is 3. The molecule has 0 saturated carbocycles. The minimum atomic E-state index is -0.230. The van der Waals surface area contributed by atoms with Crippen molar-refractivity contribution in [3.8, 4) is 0 Å². The summed E-state index contributed by atoms with van der Waals surface area (Å²) in [5.41, 5.74) is 0.989. The van der Waals surface area contributed by atoms with Gasteiger partial charge in [0.25, 0.3) is 0 Å². The molecule has 3 fully saturated rings. The molecule has 4 unspecified atom stereocenters. The lowest BCUT2D eigenvalue weighted by Crippen LogP contribution is -2.56. The van der Waals surface area contributed by atoms with Crippen LogP contribution in [0.25, 0.3) is 0 Å². The lowest BCUT2D eigenvalue weighted by Gasteiger charge is -2.41. The Hall–Kier alpha value is -1.74. The number of halogens is 1. The van der Waals surface area contributed by atoms with E-state index in [4.69, 9.17) is 14.2 Å². The summed E-state index contributed by atoms with van der Waals surface area (Å²) in [4.78, 5) is 9.36. The van der Waals surface area contributed by atoms with Gasteiger partial charge in [-0.2, -0.15) is 0 Å². The molecule has 1 aromatic rings. The number of hydrogen-bond donors (Lipinski definition) is 1. The van der Waals surface area contributed by atoms with E-state index in [1.54, 1.807) is 12.1 Å². The maximum absolute atomic E-state index is 13.3. The Morgan fingerprint density at radius 3 is 2.61 bits per heavy atom. The van der Waals surface area contributed by atoms with E-state index in [0.29, 0.717) is 18.5 Å². The Labute approximate surface area is 184 Å². The molecule has 0 aliphatic carbocycles. The SMILES string of the molecule is CN=C(NCC(C1CCOC1)N1CCOCC1)N1CC(C)OC(c2ccc(F)cc2)C1. The smallest absolute Gasteiger partial charge is 0.193 e. The predicted octanol–water partition coefficient (Wildman–Crippen LogP) is 1.90. The van der Waals surface area contributed by atoms with Crippen LogP contribution in [0.1, 0.15) is 25.0 Å². The average Bonchev–Trinajstić information content (AvgIpc) is 3.32. The van der Waals surface area contributed by atoms with Crippen LogP contribution in [0.15, 0.2) is 29.3 Å². The third-order valence-electron chi connectivity index (χ3n) is 6.51. The maximum atomic E-state index is 13.3. The Balaban J connectivity index is 1.41. The number of aliphatic imine (C=N–C) groups is 1. The summed E-state index contributed by atoms with van der Waals surface area (Å²) in [5, 5.41) is 3.64. The summed E-state index contributed by atoms with van der Waals surface area (Å²) >= 11 is 0. The van der Waals surface area contributed by atoms with Crippen LogP contribution in [0.4, 0.5) is 4.39 Å². The van der Waals surface area contributed by atoms with Crippen molar-refractivity contribution in [1.82, 2.24) is 15.1 Å². The standard InChI is InChI=1S/C23H35FN4O3/c1-17-14-28(15-22(31-17)18-3-5-20(24)6-4-18)23(25-2)26-13-21(19-7-10-30-16-19)27-8-11-29-12-9-27/h3-6,17,19,21-22H,7-16H2,1-2H3,(H,25,26). The van der Waals surface area contributed by atoms with Crippen molar-refractivity contribution >= 4 is 5.96 Å². The fraction of sp³-hybridized carbons (Fsp3) is 0.696. The molecule has 1 aromatic carbocycles. The first-order valence-electron chi connectivity index (χ1n) is 11.4. The van der Waals surface area contributed by atoms with Crippen LogP contribution in [0.2, 0.25) is 0 Å². The predicted molar refractivity (Wildman–Crippen MR) is 118 cm³/mol. The second-order valence-corrected chi connectivity index (χ2v) is 8.66. The van der Waals surface area contributed by atoms with Crippen LogP contribution in [0.5, 0.6) is 0 Å². The van der Waals surface area contributed by atoms with Crippen molar-refractivity contribution in [2.24, 2.45) is 10.9 Å². The van der Waals surface area contributed by atoms with Crippen molar-refractivity contribution in [3.63, 3.8) is 0 Å². The molecule has 0 spiro atoms. The van der Waals surface area contributed by atoms with Gasteiger partial charge in [0.2, 0.25) is 0 Å². The lowest BCUT2D eigenvalue weighted by molar-refractivity contribution is -0.0607. The normalized spacial score (nSPS) is 29.2. The Morgan fingerprint density at radius 2 is 1.94 bits per heavy atom. The van der Waals surface area contributed by atoms with Gasteiger partial charge in [-0.25, -0.2) is 4.39 Å². The summed E-state index contributed by atoms with van der Waals surface area (Å²) < 4.78 is 30.8. The van der Waals surface area contributed by atoms with E-state index in [0.717, 1.165) is 70.6 Å². The zero-order chi connectivity index (χ0) is 21.6. The molecule has 7 nitrogen and oxygen atoms in total. The van der Waals surface area contributed by atoms with Crippen LogP contribution in [-0.2, 0) is 14.2 Å². The molecule has 3 heterocycles. The third-order valence-corrected chi connectivity index (χ3v) is 6.51. The van der Waals surface area contributed by atoms with Crippen LogP contribution >= 0.6 is 0 Å². The Bertz CT molecular complexity index is 720. The molecule has 31 heavy (non-hydrogen) atoms. The van der Waals surface area contributed by atoms with E-state index in [-0.39, 0.29) is 18.0 Å². The zero-order valence-corrected chi connectivity index (χ0v) is 18.6. The zero-order valence-electron chi connectivity index (χ0n) is 18.6. The van der Waals surface area contributed by atoms with E-state index in [1.807, 2.05) is 7.05 Å². The number of ether oxygens (including phenoxy) is 3. The van der Waals surface area contributed by atoms with Gasteiger partial charge in [0.05, 0.1) is 32.5 Å². The van der Waals surface area contributed by atoms with Crippen molar-refractivity contribution in [2.75, 3.05) is 66.2 Å². The second kappa shape index (κ2) is 10.7. The summed E-state index contributed by atoms with van der Waals surface area (Å²) in [6.45, 7) is 9.53. The fourth-order valence-corrected chi connectivity index (χ4v) is 4.87. The first-order chi connectivity index (χ1) is 15.1. The van der Waals surface area contributed by atoms with Gasteiger partial charge in [0.15, 0.2) is 5.96 Å². The van der Waals surface area contributed by atoms with Crippen molar-refractivity contribution in [3.05, 3.63) is 35.6 Å². The fourth-order valence-electron chi connectivity index (χ4n) is 4.87. The van der Waals surface area contributed by atoms with E-state index < -0.39 is 0 Å². The van der Waals surface area contributed by atoms with E-state index >= 15 is 0 Å². The van der Waals surface area contributed by atoms with Gasteiger partial charge in [0, 0.05) is 51.8 Å². The molecular formula is C23H35FN4O3. The van der Waals surface area contributed by atoms with E-state index in [9.17, 15) is 4.39 Å². The largest absolute Gasteiger partial charge is 0.381 e. The number of guanidine groups is 1. The summed E-state index contributed by atoms with van der Waals surface area (Å²) in [5.74, 6) is 1.19. The Morgan fingerprint density at radius 1 is 1.16 bits per heavy atom. The number of nitrogens with one attached hydrogen (secondary N) is 1. The number of benzene rings is 1. The van der Waals surface area contributed by atoms with Crippen molar-refractivity contribution in [1.29, 1.82) is 0 Å². The average molecular weight is 435 g/mol. The second-order valence-electron chi connectivity index (χ2n) is 8.66. The van der Waals surface area contributed by atoms with Crippen LogP contribution in [-0.4, -0.2) is 94.1 Å². The van der Waals surface area contributed by atoms with Gasteiger partial charge in [-0.1, -0.05) is 12.1 Å². The van der Waals surface area contributed by atoms with Crippen LogP contribution < -0.4 is 5.32 Å². The summed E-state index contributed by atoms with van der Waals surface area (Å²) in [6.07, 6.45) is 1.05. The van der Waals surface area contributed by atoms with Gasteiger partial charge in [-0.3, -0.25) is 9.89 Å². The topological polar surface area (TPSA) is 58.6 Å². The first-order valence-corrected chi connectivity index (χ1v) is 11.4. The van der Waals surface area contributed by atoms with Gasteiger partial charge < -0.3 is 24.4 Å². The minimum absolute atomic E-state index is 0.0561. The quantitative estimate of drug-likeness (QED) is 0.564. The van der Waals surface area contributed by atoms with Crippen LogP contribution in [0, 0.1) is 11.7 Å². The lowest BCUT2D eigenvalue weighted by atomic mass is 9.97. The highest BCUT2D eigenvalue weighted by Crippen LogP contribution is 2.26. The molecule has 3 aliphatic rings.